The Labute approximate surface area is 153 Å². The molecule has 2 rings (SSSR count). The van der Waals surface area contributed by atoms with E-state index in [1.807, 2.05) is 0 Å². The van der Waals surface area contributed by atoms with E-state index < -0.39 is 15.9 Å². The van der Waals surface area contributed by atoms with Gasteiger partial charge in [-0.1, -0.05) is 6.07 Å². The molecule has 0 aromatic heterocycles. The average molecular weight is 375 g/mol. The number of rotatable bonds is 5. The molecule has 138 valence electrons. The van der Waals surface area contributed by atoms with Gasteiger partial charge in [-0.15, -0.1) is 0 Å². The molecule has 2 aromatic carbocycles. The summed E-state index contributed by atoms with van der Waals surface area (Å²) in [6, 6.07) is 9.22. The number of carbonyl (C=O) groups excluding carboxylic acids is 1. The normalized spacial score (nSPS) is 11.9. The van der Waals surface area contributed by atoms with Gasteiger partial charge in [0.1, 0.15) is 5.75 Å². The Hall–Kier alpha value is -2.71. The fourth-order valence-electron chi connectivity index (χ4n) is 2.30. The number of nitrogens with one attached hydrogen (secondary N) is 1. The van der Waals surface area contributed by atoms with Gasteiger partial charge in [-0.25, -0.2) is 18.1 Å². The minimum atomic E-state index is -3.62. The largest absolute Gasteiger partial charge is 0.507 e. The number of sulfonamides is 1. The van der Waals surface area contributed by atoms with Gasteiger partial charge in [0, 0.05) is 19.7 Å². The zero-order chi connectivity index (χ0) is 19.5. The van der Waals surface area contributed by atoms with Gasteiger partial charge in [0.25, 0.3) is 5.91 Å². The van der Waals surface area contributed by atoms with Gasteiger partial charge >= 0.3 is 0 Å². The summed E-state index contributed by atoms with van der Waals surface area (Å²) in [5.41, 5.74) is 4.69. The molecule has 8 heteroatoms. The van der Waals surface area contributed by atoms with Crippen molar-refractivity contribution >= 4 is 22.1 Å². The molecule has 0 unspecified atom stereocenters. The van der Waals surface area contributed by atoms with Gasteiger partial charge < -0.3 is 5.11 Å². The molecule has 0 heterocycles. The average Bonchev–Trinajstić information content (AvgIpc) is 2.59. The molecule has 0 aliphatic heterocycles. The van der Waals surface area contributed by atoms with Crippen LogP contribution in [0.15, 0.2) is 46.4 Å². The van der Waals surface area contributed by atoms with Crippen molar-refractivity contribution < 1.29 is 18.3 Å². The molecule has 7 nitrogen and oxygen atoms in total. The Morgan fingerprint density at radius 3 is 2.35 bits per heavy atom. The number of phenols is 1. The van der Waals surface area contributed by atoms with Crippen molar-refractivity contribution in [3.8, 4) is 5.75 Å². The SMILES string of the molecule is Cc1cc(/C=N/NC(=O)c2cccc(S(=O)(=O)N(C)C)c2)cc(C)c1O. The maximum absolute atomic E-state index is 12.2. The second-order valence-electron chi connectivity index (χ2n) is 6.02. The molecule has 0 fully saturated rings. The maximum atomic E-state index is 12.2. The van der Waals surface area contributed by atoms with E-state index in [2.05, 4.69) is 10.5 Å². The molecule has 0 atom stereocenters. The van der Waals surface area contributed by atoms with E-state index in [4.69, 9.17) is 0 Å². The number of aromatic hydroxyl groups is 1. The van der Waals surface area contributed by atoms with E-state index >= 15 is 0 Å². The highest BCUT2D eigenvalue weighted by molar-refractivity contribution is 7.89. The van der Waals surface area contributed by atoms with Crippen LogP contribution in [0.25, 0.3) is 0 Å². The molecule has 2 aromatic rings. The molecule has 0 spiro atoms. The molecule has 2 N–H and O–H groups in total. The van der Waals surface area contributed by atoms with E-state index in [0.29, 0.717) is 11.1 Å². The third kappa shape index (κ3) is 4.27. The van der Waals surface area contributed by atoms with Crippen LogP contribution in [0.4, 0.5) is 0 Å². The van der Waals surface area contributed by atoms with Crippen molar-refractivity contribution in [3.63, 3.8) is 0 Å². The first kappa shape index (κ1) is 19.6. The summed E-state index contributed by atoms with van der Waals surface area (Å²) in [5, 5.41) is 13.6. The van der Waals surface area contributed by atoms with Gasteiger partial charge in [0.15, 0.2) is 0 Å². The van der Waals surface area contributed by atoms with Crippen LogP contribution in [0.1, 0.15) is 27.0 Å². The highest BCUT2D eigenvalue weighted by Crippen LogP contribution is 2.22. The van der Waals surface area contributed by atoms with Crippen LogP contribution in [0, 0.1) is 13.8 Å². The van der Waals surface area contributed by atoms with Crippen molar-refractivity contribution in [2.45, 2.75) is 18.7 Å². The number of carbonyl (C=O) groups is 1. The van der Waals surface area contributed by atoms with Crippen LogP contribution in [0.2, 0.25) is 0 Å². The Kier molecular flexibility index (Phi) is 5.79. The fourth-order valence-corrected chi connectivity index (χ4v) is 3.25. The summed E-state index contributed by atoms with van der Waals surface area (Å²) < 4.78 is 25.4. The minimum absolute atomic E-state index is 0.0314. The second kappa shape index (κ2) is 7.67. The third-order valence-electron chi connectivity index (χ3n) is 3.77. The number of nitrogens with zero attached hydrogens (tertiary/aromatic N) is 2. The summed E-state index contributed by atoms with van der Waals surface area (Å²) in [6.07, 6.45) is 1.46. The number of hydrogen-bond acceptors (Lipinski definition) is 5. The van der Waals surface area contributed by atoms with Gasteiger partial charge in [-0.05, 0) is 60.9 Å². The van der Waals surface area contributed by atoms with Crippen molar-refractivity contribution in [2.24, 2.45) is 5.10 Å². The molecular weight excluding hydrogens is 354 g/mol. The Morgan fingerprint density at radius 1 is 1.15 bits per heavy atom. The van der Waals surface area contributed by atoms with Crippen LogP contribution in [-0.4, -0.2) is 44.0 Å². The highest BCUT2D eigenvalue weighted by atomic mass is 32.2. The van der Waals surface area contributed by atoms with Crippen LogP contribution >= 0.6 is 0 Å². The van der Waals surface area contributed by atoms with Crippen molar-refractivity contribution in [1.82, 2.24) is 9.73 Å². The lowest BCUT2D eigenvalue weighted by Crippen LogP contribution is -2.23. The van der Waals surface area contributed by atoms with Gasteiger partial charge in [0.05, 0.1) is 11.1 Å². The van der Waals surface area contributed by atoms with E-state index in [1.165, 1.54) is 44.6 Å². The Balaban J connectivity index is 2.16. The maximum Gasteiger partial charge on any atom is 0.271 e. The number of benzene rings is 2. The van der Waals surface area contributed by atoms with Crippen molar-refractivity contribution in [1.29, 1.82) is 0 Å². The lowest BCUT2D eigenvalue weighted by atomic mass is 10.1. The Bertz CT molecular complexity index is 943. The number of amides is 1. The summed E-state index contributed by atoms with van der Waals surface area (Å²) in [5.74, 6) is -0.297. The number of phenolic OH excluding ortho intramolecular Hbond substituents is 1. The van der Waals surface area contributed by atoms with E-state index in [9.17, 15) is 18.3 Å². The molecule has 0 bridgehead atoms. The summed E-state index contributed by atoms with van der Waals surface area (Å²) >= 11 is 0. The molecule has 26 heavy (non-hydrogen) atoms. The molecule has 0 saturated carbocycles. The van der Waals surface area contributed by atoms with Crippen LogP contribution < -0.4 is 5.43 Å². The number of aryl methyl sites for hydroxylation is 2. The van der Waals surface area contributed by atoms with Gasteiger partial charge in [-0.2, -0.15) is 5.10 Å². The van der Waals surface area contributed by atoms with Crippen LogP contribution in [0.5, 0.6) is 5.75 Å². The fraction of sp³-hybridized carbons (Fsp3) is 0.222. The van der Waals surface area contributed by atoms with E-state index in [0.717, 1.165) is 9.87 Å². The van der Waals surface area contributed by atoms with E-state index in [1.54, 1.807) is 26.0 Å². The number of hydrogen-bond donors (Lipinski definition) is 2. The van der Waals surface area contributed by atoms with Crippen molar-refractivity contribution in [2.75, 3.05) is 14.1 Å². The van der Waals surface area contributed by atoms with Crippen LogP contribution in [-0.2, 0) is 10.0 Å². The molecule has 0 aliphatic carbocycles. The topological polar surface area (TPSA) is 99.1 Å². The first-order valence-electron chi connectivity index (χ1n) is 7.79. The lowest BCUT2D eigenvalue weighted by molar-refractivity contribution is 0.0955. The van der Waals surface area contributed by atoms with Gasteiger partial charge in [0.2, 0.25) is 10.0 Å². The molecular formula is C18H21N3O4S. The zero-order valence-corrected chi connectivity index (χ0v) is 15.8. The summed E-state index contributed by atoms with van der Waals surface area (Å²) in [6.45, 7) is 3.55. The minimum Gasteiger partial charge on any atom is -0.507 e. The quantitative estimate of drug-likeness (QED) is 0.617. The van der Waals surface area contributed by atoms with Crippen LogP contribution in [0.3, 0.4) is 0 Å². The molecule has 0 radical (unpaired) electrons. The monoisotopic (exact) mass is 375 g/mol. The first-order valence-corrected chi connectivity index (χ1v) is 9.23. The van der Waals surface area contributed by atoms with Crippen molar-refractivity contribution in [3.05, 3.63) is 58.7 Å². The highest BCUT2D eigenvalue weighted by Gasteiger charge is 2.18. The predicted octanol–water partition coefficient (Wildman–Crippen LogP) is 2.02. The second-order valence-corrected chi connectivity index (χ2v) is 8.17. The predicted molar refractivity (Wildman–Crippen MR) is 100.0 cm³/mol. The summed E-state index contributed by atoms with van der Waals surface area (Å²) in [4.78, 5) is 12.2. The van der Waals surface area contributed by atoms with E-state index in [-0.39, 0.29) is 16.2 Å². The third-order valence-corrected chi connectivity index (χ3v) is 5.58. The number of hydrazone groups is 1. The first-order chi connectivity index (χ1) is 12.1. The molecule has 0 saturated heterocycles. The smallest absolute Gasteiger partial charge is 0.271 e. The lowest BCUT2D eigenvalue weighted by Gasteiger charge is -2.11. The van der Waals surface area contributed by atoms with Gasteiger partial charge in [-0.3, -0.25) is 4.79 Å². The standard InChI is InChI=1S/C18H21N3O4S/c1-12-8-14(9-13(2)17(12)22)11-19-20-18(23)15-6-5-7-16(10-15)26(24,25)21(3)4/h5-11,22H,1-4H3,(H,20,23)/b19-11+. The summed E-state index contributed by atoms with van der Waals surface area (Å²) in [7, 11) is -0.770. The Morgan fingerprint density at radius 2 is 1.77 bits per heavy atom. The molecule has 1 amide bonds. The zero-order valence-electron chi connectivity index (χ0n) is 15.0. The molecule has 0 aliphatic rings.